The molecule has 8 heteroatoms. The van der Waals surface area contributed by atoms with Crippen molar-refractivity contribution < 1.29 is 14.6 Å². The molecule has 2 N–H and O–H groups in total. The molecule has 2 aromatic rings. The molecule has 1 aromatic heterocycles. The molecule has 1 aliphatic heterocycles. The van der Waals surface area contributed by atoms with Crippen molar-refractivity contribution >= 4 is 40.3 Å². The van der Waals surface area contributed by atoms with E-state index in [-0.39, 0.29) is 17.6 Å². The normalized spacial score (nSPS) is 16.8. The lowest BCUT2D eigenvalue weighted by atomic mass is 9.97. The molecule has 0 amide bonds. The first kappa shape index (κ1) is 21.8. The van der Waals surface area contributed by atoms with E-state index in [1.807, 2.05) is 17.2 Å². The van der Waals surface area contributed by atoms with E-state index in [0.29, 0.717) is 42.3 Å². The number of rotatable bonds is 4. The second-order valence-electron chi connectivity index (χ2n) is 8.06. The van der Waals surface area contributed by atoms with Crippen LogP contribution in [0.2, 0.25) is 0 Å². The van der Waals surface area contributed by atoms with E-state index in [1.165, 1.54) is 36.0 Å². The Balaban J connectivity index is 1.40. The number of carbonyl (C=O) groups is 1. The number of fused-ring (bicyclic) bond motifs is 1. The number of carbonyl (C=O) groups excluding carboxylic acids is 1. The molecule has 0 unspecified atom stereocenters. The molecule has 31 heavy (non-hydrogen) atoms. The predicted octanol–water partition coefficient (Wildman–Crippen LogP) is 4.09. The van der Waals surface area contributed by atoms with Crippen LogP contribution in [0.1, 0.15) is 42.9 Å². The molecule has 164 valence electrons. The summed E-state index contributed by atoms with van der Waals surface area (Å²) in [5, 5.41) is 17.7. The number of hydrogen-bond donors (Lipinski definition) is 2. The average molecular weight is 458 g/mol. The topological polar surface area (TPSA) is 74.2 Å². The van der Waals surface area contributed by atoms with Gasteiger partial charge in [-0.2, -0.15) is 5.10 Å². The Kier molecular flexibility index (Phi) is 6.57. The average Bonchev–Trinajstić information content (AvgIpc) is 3.42. The van der Waals surface area contributed by atoms with E-state index in [9.17, 15) is 9.90 Å². The summed E-state index contributed by atoms with van der Waals surface area (Å²) < 4.78 is 4.83. The summed E-state index contributed by atoms with van der Waals surface area (Å²) in [6.07, 6.45) is 4.90. The van der Waals surface area contributed by atoms with Crippen molar-refractivity contribution in [1.29, 1.82) is 0 Å². The van der Waals surface area contributed by atoms with Gasteiger partial charge < -0.3 is 14.7 Å². The van der Waals surface area contributed by atoms with E-state index in [0.717, 1.165) is 23.3 Å². The van der Waals surface area contributed by atoms with E-state index in [2.05, 4.69) is 28.7 Å². The van der Waals surface area contributed by atoms with Gasteiger partial charge in [-0.1, -0.05) is 12.1 Å². The largest absolute Gasteiger partial charge is 0.506 e. The number of likely N-dealkylation sites (tertiary alicyclic amines) is 1. The highest BCUT2D eigenvalue weighted by Crippen LogP contribution is 2.40. The van der Waals surface area contributed by atoms with Crippen molar-refractivity contribution in [2.45, 2.75) is 39.0 Å². The Morgan fingerprint density at radius 1 is 1.29 bits per heavy atom. The van der Waals surface area contributed by atoms with Gasteiger partial charge in [-0.05, 0) is 74.0 Å². The van der Waals surface area contributed by atoms with E-state index >= 15 is 0 Å². The van der Waals surface area contributed by atoms with Gasteiger partial charge in [-0.3, -0.25) is 10.2 Å². The summed E-state index contributed by atoms with van der Waals surface area (Å²) in [7, 11) is 1.42. The Morgan fingerprint density at radius 2 is 2.03 bits per heavy atom. The van der Waals surface area contributed by atoms with Gasteiger partial charge in [0.1, 0.15) is 5.75 Å². The molecule has 1 fully saturated rings. The number of thiophene rings is 1. The number of methoxy groups -OCH3 is 1. The van der Waals surface area contributed by atoms with Crippen molar-refractivity contribution in [1.82, 2.24) is 10.3 Å². The van der Waals surface area contributed by atoms with Crippen molar-refractivity contribution in [2.75, 3.05) is 20.2 Å². The molecular formula is C23H27N3O3S2. The van der Waals surface area contributed by atoms with Gasteiger partial charge >= 0.3 is 5.97 Å². The summed E-state index contributed by atoms with van der Waals surface area (Å²) in [5.41, 5.74) is 8.19. The fourth-order valence-corrected chi connectivity index (χ4v) is 5.50. The lowest BCUT2D eigenvalue weighted by Gasteiger charge is -2.31. The molecule has 0 radical (unpaired) electrons. The third kappa shape index (κ3) is 4.60. The van der Waals surface area contributed by atoms with Gasteiger partial charge in [0.05, 0.1) is 29.2 Å². The first-order valence-electron chi connectivity index (χ1n) is 10.6. The zero-order valence-electron chi connectivity index (χ0n) is 17.8. The lowest BCUT2D eigenvalue weighted by molar-refractivity contribution is -0.146. The summed E-state index contributed by atoms with van der Waals surface area (Å²) >= 11 is 6.99. The number of nitrogens with zero attached hydrogens (tertiary/aromatic N) is 2. The van der Waals surface area contributed by atoms with Gasteiger partial charge in [-0.15, -0.1) is 11.3 Å². The minimum atomic E-state index is -0.153. The summed E-state index contributed by atoms with van der Waals surface area (Å²) in [5.74, 6) is 0.0463. The van der Waals surface area contributed by atoms with Crippen LogP contribution in [-0.2, 0) is 22.4 Å². The fourth-order valence-electron chi connectivity index (χ4n) is 4.27. The number of hydrazone groups is 1. The Hall–Kier alpha value is -2.45. The van der Waals surface area contributed by atoms with Crippen molar-refractivity contribution in [3.05, 3.63) is 40.3 Å². The SMILES string of the molecule is COC(=O)C1CCN(C(=S)N/N=C(\C)c2csc(-c3ccc4c(c3)CCC4)c2O)CC1. The smallest absolute Gasteiger partial charge is 0.308 e. The standard InChI is InChI=1S/C23H27N3O3S2/c1-14(24-25-23(30)26-10-8-16(9-11-26)22(28)29-2)19-13-31-21(20(19)27)18-7-6-15-4-3-5-17(15)12-18/h6-7,12-13,16,27H,3-5,8-11H2,1-2H3,(H,25,30)/b24-14+. The van der Waals surface area contributed by atoms with Crippen LogP contribution in [0.15, 0.2) is 28.7 Å². The van der Waals surface area contributed by atoms with E-state index < -0.39 is 0 Å². The molecule has 6 nitrogen and oxygen atoms in total. The number of ether oxygens (including phenoxy) is 1. The first-order valence-corrected chi connectivity index (χ1v) is 11.9. The molecule has 1 aliphatic carbocycles. The molecule has 0 atom stereocenters. The van der Waals surface area contributed by atoms with Crippen LogP contribution >= 0.6 is 23.6 Å². The molecule has 0 spiro atoms. The highest BCUT2D eigenvalue weighted by atomic mass is 32.1. The van der Waals surface area contributed by atoms with Gasteiger partial charge in [0.15, 0.2) is 5.11 Å². The van der Waals surface area contributed by atoms with Crippen LogP contribution < -0.4 is 5.43 Å². The van der Waals surface area contributed by atoms with Crippen molar-refractivity contribution in [3.8, 4) is 16.2 Å². The maximum Gasteiger partial charge on any atom is 0.308 e. The summed E-state index contributed by atoms with van der Waals surface area (Å²) in [6.45, 7) is 3.23. The van der Waals surface area contributed by atoms with Gasteiger partial charge in [0.25, 0.3) is 0 Å². The summed E-state index contributed by atoms with van der Waals surface area (Å²) in [6, 6.07) is 6.48. The Bertz CT molecular complexity index is 1020. The van der Waals surface area contributed by atoms with Crippen LogP contribution in [0.3, 0.4) is 0 Å². The third-order valence-electron chi connectivity index (χ3n) is 6.15. The number of esters is 1. The monoisotopic (exact) mass is 457 g/mol. The second kappa shape index (κ2) is 9.36. The number of aryl methyl sites for hydroxylation is 2. The zero-order chi connectivity index (χ0) is 22.0. The number of piperidine rings is 1. The maximum atomic E-state index is 11.7. The van der Waals surface area contributed by atoms with E-state index in [1.54, 1.807) is 0 Å². The minimum absolute atomic E-state index is 0.0605. The zero-order valence-corrected chi connectivity index (χ0v) is 19.4. The first-order chi connectivity index (χ1) is 15.0. The molecule has 4 rings (SSSR count). The molecule has 2 aliphatic rings. The van der Waals surface area contributed by atoms with Gasteiger partial charge in [0, 0.05) is 18.5 Å². The lowest BCUT2D eigenvalue weighted by Crippen LogP contribution is -2.44. The highest BCUT2D eigenvalue weighted by molar-refractivity contribution is 7.80. The number of thiocarbonyl (C=S) groups is 1. The van der Waals surface area contributed by atoms with E-state index in [4.69, 9.17) is 17.0 Å². The highest BCUT2D eigenvalue weighted by Gasteiger charge is 2.26. The van der Waals surface area contributed by atoms with Crippen molar-refractivity contribution in [3.63, 3.8) is 0 Å². The number of benzene rings is 1. The molecule has 1 saturated heterocycles. The maximum absolute atomic E-state index is 11.7. The quantitative estimate of drug-likeness (QED) is 0.312. The fraction of sp³-hybridized carbons (Fsp3) is 0.435. The molecule has 0 saturated carbocycles. The molecule has 2 heterocycles. The third-order valence-corrected chi connectivity index (χ3v) is 7.52. The van der Waals surface area contributed by atoms with Crippen LogP contribution in [0.5, 0.6) is 5.75 Å². The van der Waals surface area contributed by atoms with Gasteiger partial charge in [0.2, 0.25) is 0 Å². The minimum Gasteiger partial charge on any atom is -0.506 e. The second-order valence-corrected chi connectivity index (χ2v) is 9.33. The van der Waals surface area contributed by atoms with Gasteiger partial charge in [-0.25, -0.2) is 0 Å². The van der Waals surface area contributed by atoms with Crippen LogP contribution in [-0.4, -0.2) is 47.0 Å². The van der Waals surface area contributed by atoms with Crippen LogP contribution in [0.25, 0.3) is 10.4 Å². The molecule has 1 aromatic carbocycles. The van der Waals surface area contributed by atoms with Crippen molar-refractivity contribution in [2.24, 2.45) is 11.0 Å². The molecular weight excluding hydrogens is 430 g/mol. The Labute approximate surface area is 191 Å². The van der Waals surface area contributed by atoms with Crippen LogP contribution in [0.4, 0.5) is 0 Å². The predicted molar refractivity (Wildman–Crippen MR) is 128 cm³/mol. The number of hydrogen-bond acceptors (Lipinski definition) is 6. The summed E-state index contributed by atoms with van der Waals surface area (Å²) in [4.78, 5) is 14.5. The number of nitrogens with one attached hydrogen (secondary N) is 1. The number of aromatic hydroxyl groups is 1. The molecule has 0 bridgehead atoms. The Morgan fingerprint density at radius 3 is 2.77 bits per heavy atom. The van der Waals surface area contributed by atoms with Crippen LogP contribution in [0, 0.1) is 5.92 Å².